The highest BCUT2D eigenvalue weighted by atomic mass is 16.5. The van der Waals surface area contributed by atoms with E-state index in [2.05, 4.69) is 4.98 Å². The van der Waals surface area contributed by atoms with Crippen LogP contribution in [0.15, 0.2) is 34.9 Å². The lowest BCUT2D eigenvalue weighted by molar-refractivity contribution is -0.143. The molecule has 1 aromatic carbocycles. The van der Waals surface area contributed by atoms with Gasteiger partial charge in [0, 0.05) is 12.1 Å². The number of hydrogen-bond donors (Lipinski definition) is 0. The summed E-state index contributed by atoms with van der Waals surface area (Å²) in [7, 11) is 1.57. The molecule has 1 saturated heterocycles. The van der Waals surface area contributed by atoms with Crippen LogP contribution in [0, 0.1) is 0 Å². The summed E-state index contributed by atoms with van der Waals surface area (Å²) in [5.41, 5.74) is 1.11. The molecule has 0 atom stereocenters. The largest absolute Gasteiger partial charge is 0.497 e. The van der Waals surface area contributed by atoms with E-state index in [1.807, 2.05) is 0 Å². The molecule has 124 valence electrons. The minimum atomic E-state index is -0.851. The van der Waals surface area contributed by atoms with E-state index < -0.39 is 17.8 Å². The first-order valence-corrected chi connectivity index (χ1v) is 7.31. The van der Waals surface area contributed by atoms with E-state index in [4.69, 9.17) is 9.15 Å². The Kier molecular flexibility index (Phi) is 4.03. The van der Waals surface area contributed by atoms with Crippen molar-refractivity contribution in [3.63, 3.8) is 0 Å². The second-order valence-corrected chi connectivity index (χ2v) is 5.10. The van der Waals surface area contributed by atoms with Crippen LogP contribution < -0.4 is 4.74 Å². The lowest BCUT2D eigenvalue weighted by Crippen LogP contribution is -2.32. The number of nitrogens with zero attached hydrogens (tertiary/aromatic N) is 3. The predicted octanol–water partition coefficient (Wildman–Crippen LogP) is 1.66. The topological polar surface area (TPSA) is 93.0 Å². The first-order valence-electron chi connectivity index (χ1n) is 7.31. The SMILES string of the molecule is CCN1C(=O)C(=O)N(Cc2coc(-c3ccc(OC)cc3)n2)C1=O. The van der Waals surface area contributed by atoms with Crippen molar-refractivity contribution < 1.29 is 23.5 Å². The summed E-state index contributed by atoms with van der Waals surface area (Å²) >= 11 is 0. The zero-order chi connectivity index (χ0) is 17.3. The van der Waals surface area contributed by atoms with Crippen LogP contribution in [0.25, 0.3) is 11.5 Å². The molecule has 24 heavy (non-hydrogen) atoms. The van der Waals surface area contributed by atoms with Crippen LogP contribution in [-0.4, -0.2) is 46.3 Å². The Hall–Kier alpha value is -3.16. The Morgan fingerprint density at radius 1 is 1.08 bits per heavy atom. The van der Waals surface area contributed by atoms with Gasteiger partial charge in [0.25, 0.3) is 0 Å². The number of carbonyl (C=O) groups excluding carboxylic acids is 3. The van der Waals surface area contributed by atoms with Gasteiger partial charge in [-0.05, 0) is 31.2 Å². The number of hydrogen-bond acceptors (Lipinski definition) is 6. The number of ether oxygens (including phenoxy) is 1. The lowest BCUT2D eigenvalue weighted by atomic mass is 10.2. The van der Waals surface area contributed by atoms with Crippen molar-refractivity contribution in [3.05, 3.63) is 36.2 Å². The molecule has 1 aliphatic heterocycles. The zero-order valence-electron chi connectivity index (χ0n) is 13.2. The van der Waals surface area contributed by atoms with E-state index in [9.17, 15) is 14.4 Å². The summed E-state index contributed by atoms with van der Waals surface area (Å²) in [6.07, 6.45) is 1.36. The van der Waals surface area contributed by atoms with Crippen molar-refractivity contribution in [2.75, 3.05) is 13.7 Å². The van der Waals surface area contributed by atoms with Gasteiger partial charge in [-0.25, -0.2) is 14.7 Å². The molecule has 0 unspecified atom stereocenters. The predicted molar refractivity (Wildman–Crippen MR) is 81.8 cm³/mol. The molecule has 3 rings (SSSR count). The van der Waals surface area contributed by atoms with Gasteiger partial charge in [0.1, 0.15) is 12.0 Å². The van der Waals surface area contributed by atoms with Gasteiger partial charge in [-0.15, -0.1) is 0 Å². The van der Waals surface area contributed by atoms with E-state index in [0.29, 0.717) is 17.3 Å². The number of methoxy groups -OCH3 is 1. The molecule has 1 aromatic heterocycles. The average molecular weight is 329 g/mol. The molecule has 0 bridgehead atoms. The number of rotatable bonds is 5. The minimum absolute atomic E-state index is 0.112. The van der Waals surface area contributed by atoms with Gasteiger partial charge >= 0.3 is 17.8 Å². The van der Waals surface area contributed by atoms with Crippen LogP contribution in [0.4, 0.5) is 4.79 Å². The number of amides is 4. The summed E-state index contributed by atoms with van der Waals surface area (Å²) in [5, 5.41) is 0. The Morgan fingerprint density at radius 2 is 1.75 bits per heavy atom. The third-order valence-corrected chi connectivity index (χ3v) is 3.66. The number of benzene rings is 1. The third-order valence-electron chi connectivity index (χ3n) is 3.66. The maximum absolute atomic E-state index is 12.0. The van der Waals surface area contributed by atoms with Gasteiger partial charge in [0.05, 0.1) is 19.3 Å². The van der Waals surface area contributed by atoms with E-state index >= 15 is 0 Å². The van der Waals surface area contributed by atoms with Gasteiger partial charge in [0.2, 0.25) is 5.89 Å². The molecule has 0 saturated carbocycles. The van der Waals surface area contributed by atoms with E-state index in [1.165, 1.54) is 6.26 Å². The van der Waals surface area contributed by atoms with Crippen LogP contribution in [0.3, 0.4) is 0 Å². The third kappa shape index (κ3) is 2.62. The maximum atomic E-state index is 12.0. The molecule has 2 heterocycles. The first kappa shape index (κ1) is 15.7. The Bertz CT molecular complexity index is 796. The normalized spacial score (nSPS) is 14.7. The Labute approximate surface area is 137 Å². The average Bonchev–Trinajstić information content (AvgIpc) is 3.14. The number of oxazole rings is 1. The van der Waals surface area contributed by atoms with Crippen molar-refractivity contribution in [3.8, 4) is 17.2 Å². The first-order chi connectivity index (χ1) is 11.5. The fraction of sp³-hybridized carbons (Fsp3) is 0.250. The second-order valence-electron chi connectivity index (χ2n) is 5.10. The van der Waals surface area contributed by atoms with E-state index in [1.54, 1.807) is 38.3 Å². The van der Waals surface area contributed by atoms with E-state index in [-0.39, 0.29) is 13.1 Å². The molecule has 0 N–H and O–H groups in total. The molecular formula is C16H15N3O5. The summed E-state index contributed by atoms with van der Waals surface area (Å²) in [5.74, 6) is -0.611. The second kappa shape index (κ2) is 6.15. The number of urea groups is 1. The Morgan fingerprint density at radius 3 is 2.33 bits per heavy atom. The molecule has 0 aliphatic carbocycles. The highest BCUT2D eigenvalue weighted by Gasteiger charge is 2.43. The minimum Gasteiger partial charge on any atom is -0.497 e. The van der Waals surface area contributed by atoms with Crippen molar-refractivity contribution in [1.29, 1.82) is 0 Å². The maximum Gasteiger partial charge on any atom is 0.334 e. The summed E-state index contributed by atoms with van der Waals surface area (Å²) in [4.78, 5) is 41.6. The number of imide groups is 2. The van der Waals surface area contributed by atoms with Gasteiger partial charge in [-0.1, -0.05) is 0 Å². The van der Waals surface area contributed by atoms with Crippen molar-refractivity contribution in [2.24, 2.45) is 0 Å². The van der Waals surface area contributed by atoms with Gasteiger partial charge in [-0.2, -0.15) is 0 Å². The zero-order valence-corrected chi connectivity index (χ0v) is 13.2. The number of aromatic nitrogens is 1. The molecule has 1 fully saturated rings. The van der Waals surface area contributed by atoms with Crippen LogP contribution in [0.2, 0.25) is 0 Å². The van der Waals surface area contributed by atoms with Gasteiger partial charge < -0.3 is 9.15 Å². The standard InChI is InChI=1S/C16H15N3O5/c1-3-18-14(20)15(21)19(16(18)22)8-11-9-24-13(17-11)10-4-6-12(23-2)7-5-10/h4-7,9H,3,8H2,1-2H3. The van der Waals surface area contributed by atoms with Crippen LogP contribution >= 0.6 is 0 Å². The van der Waals surface area contributed by atoms with Crippen molar-refractivity contribution in [1.82, 2.24) is 14.8 Å². The molecule has 4 amide bonds. The summed E-state index contributed by atoms with van der Waals surface area (Å²) in [6, 6.07) is 6.46. The molecule has 0 spiro atoms. The van der Waals surface area contributed by atoms with Crippen molar-refractivity contribution in [2.45, 2.75) is 13.5 Å². The Balaban J connectivity index is 1.77. The molecule has 0 radical (unpaired) electrons. The molecule has 2 aromatic rings. The lowest BCUT2D eigenvalue weighted by Gasteiger charge is -2.12. The molecular weight excluding hydrogens is 314 g/mol. The van der Waals surface area contributed by atoms with Crippen molar-refractivity contribution >= 4 is 17.8 Å². The highest BCUT2D eigenvalue weighted by molar-refractivity contribution is 6.44. The molecule has 8 nitrogen and oxygen atoms in total. The van der Waals surface area contributed by atoms with Crippen LogP contribution in [0.5, 0.6) is 5.75 Å². The number of likely N-dealkylation sites (N-methyl/N-ethyl adjacent to an activating group) is 1. The fourth-order valence-electron chi connectivity index (χ4n) is 2.38. The van der Waals surface area contributed by atoms with Crippen LogP contribution in [-0.2, 0) is 16.1 Å². The fourth-order valence-corrected chi connectivity index (χ4v) is 2.38. The molecule has 1 aliphatic rings. The smallest absolute Gasteiger partial charge is 0.334 e. The highest BCUT2D eigenvalue weighted by Crippen LogP contribution is 2.23. The van der Waals surface area contributed by atoms with E-state index in [0.717, 1.165) is 15.4 Å². The number of carbonyl (C=O) groups is 3. The summed E-state index contributed by atoms with van der Waals surface area (Å²) in [6.45, 7) is 1.67. The van der Waals surface area contributed by atoms with Crippen LogP contribution in [0.1, 0.15) is 12.6 Å². The summed E-state index contributed by atoms with van der Waals surface area (Å²) < 4.78 is 10.5. The van der Waals surface area contributed by atoms with Gasteiger partial charge in [-0.3, -0.25) is 14.5 Å². The molecule has 8 heteroatoms. The monoisotopic (exact) mass is 329 g/mol. The quantitative estimate of drug-likeness (QED) is 0.612. The van der Waals surface area contributed by atoms with Gasteiger partial charge in [0.15, 0.2) is 0 Å².